The first kappa shape index (κ1) is 19.0. The van der Waals surface area contributed by atoms with Crippen molar-refractivity contribution in [3.05, 3.63) is 22.8 Å². The third-order valence-corrected chi connectivity index (χ3v) is 7.36. The normalized spacial score (nSPS) is 37.4. The molecular weight excluding hydrogens is 392 g/mol. The maximum absolute atomic E-state index is 12.8. The van der Waals surface area contributed by atoms with Gasteiger partial charge in [-0.1, -0.05) is 11.6 Å². The lowest BCUT2D eigenvalue weighted by Gasteiger charge is -2.57. The number of ether oxygens (including phenoxy) is 1. The Morgan fingerprint density at radius 3 is 2.83 bits per heavy atom. The number of carbonyl (C=O) groups is 1. The van der Waals surface area contributed by atoms with Crippen LogP contribution in [0.25, 0.3) is 0 Å². The molecular formula is C21H25ClN4O3. The van der Waals surface area contributed by atoms with Crippen LogP contribution in [0.3, 0.4) is 0 Å². The summed E-state index contributed by atoms with van der Waals surface area (Å²) in [5.41, 5.74) is -0.128. The lowest BCUT2D eigenvalue weighted by Crippen LogP contribution is -2.58. The second-order valence-corrected chi connectivity index (χ2v) is 9.72. The summed E-state index contributed by atoms with van der Waals surface area (Å²) in [6, 6.07) is 3.69. The molecule has 3 atom stereocenters. The van der Waals surface area contributed by atoms with Crippen LogP contribution >= 0.6 is 11.6 Å². The van der Waals surface area contributed by atoms with Crippen LogP contribution in [0.4, 0.5) is 10.6 Å². The van der Waals surface area contributed by atoms with E-state index in [9.17, 15) is 15.2 Å². The van der Waals surface area contributed by atoms with Crippen molar-refractivity contribution in [2.24, 2.45) is 17.8 Å². The third kappa shape index (κ3) is 3.53. The molecule has 4 aliphatic carbocycles. The summed E-state index contributed by atoms with van der Waals surface area (Å²) >= 11 is 5.90. The first-order valence-corrected chi connectivity index (χ1v) is 10.8. The van der Waals surface area contributed by atoms with E-state index in [0.717, 1.165) is 38.5 Å². The Morgan fingerprint density at radius 1 is 1.38 bits per heavy atom. The molecule has 2 heterocycles. The smallest absolute Gasteiger partial charge is 0.410 e. The van der Waals surface area contributed by atoms with Crippen LogP contribution < -0.4 is 5.32 Å². The predicted octanol–water partition coefficient (Wildman–Crippen LogP) is 3.17. The maximum atomic E-state index is 12.8. The molecule has 154 valence electrons. The van der Waals surface area contributed by atoms with E-state index in [-0.39, 0.29) is 18.2 Å². The van der Waals surface area contributed by atoms with Crippen molar-refractivity contribution in [2.75, 3.05) is 18.4 Å². The number of rotatable bonds is 3. The second-order valence-electron chi connectivity index (χ2n) is 9.28. The lowest BCUT2D eigenvalue weighted by molar-refractivity contribution is -0.177. The number of pyridine rings is 1. The summed E-state index contributed by atoms with van der Waals surface area (Å²) in [4.78, 5) is 18.8. The average molecular weight is 417 g/mol. The highest BCUT2D eigenvalue weighted by atomic mass is 35.5. The molecule has 3 unspecified atom stereocenters. The van der Waals surface area contributed by atoms with Crippen molar-refractivity contribution in [1.29, 1.82) is 5.26 Å². The van der Waals surface area contributed by atoms with E-state index in [4.69, 9.17) is 16.3 Å². The minimum absolute atomic E-state index is 0.0162. The van der Waals surface area contributed by atoms with Crippen LogP contribution in [0, 0.1) is 29.1 Å². The van der Waals surface area contributed by atoms with E-state index in [1.165, 1.54) is 6.20 Å². The molecule has 6 rings (SSSR count). The highest BCUT2D eigenvalue weighted by Crippen LogP contribution is 2.56. The van der Waals surface area contributed by atoms with Crippen molar-refractivity contribution in [2.45, 2.75) is 56.3 Å². The van der Waals surface area contributed by atoms with Gasteiger partial charge in [0.05, 0.1) is 16.2 Å². The van der Waals surface area contributed by atoms with Crippen LogP contribution in [0.2, 0.25) is 5.02 Å². The Balaban J connectivity index is 1.19. The summed E-state index contributed by atoms with van der Waals surface area (Å²) in [7, 11) is 0. The average Bonchev–Trinajstić information content (AvgIpc) is 3.13. The fraction of sp³-hybridized carbons (Fsp3) is 0.667. The molecule has 2 N–H and O–H groups in total. The molecule has 0 radical (unpaired) electrons. The fourth-order valence-electron chi connectivity index (χ4n) is 6.19. The number of hydrogen-bond donors (Lipinski definition) is 2. The van der Waals surface area contributed by atoms with Gasteiger partial charge in [0.25, 0.3) is 0 Å². The quantitative estimate of drug-likeness (QED) is 0.785. The molecule has 4 bridgehead atoms. The summed E-state index contributed by atoms with van der Waals surface area (Å²) in [6.45, 7) is 1.13. The molecule has 29 heavy (non-hydrogen) atoms. The zero-order chi connectivity index (χ0) is 20.2. The predicted molar refractivity (Wildman–Crippen MR) is 106 cm³/mol. The zero-order valence-corrected chi connectivity index (χ0v) is 16.9. The molecule has 5 fully saturated rings. The number of nitrogens with one attached hydrogen (secondary N) is 1. The van der Waals surface area contributed by atoms with Gasteiger partial charge in [-0.3, -0.25) is 0 Å². The Morgan fingerprint density at radius 2 is 2.14 bits per heavy atom. The van der Waals surface area contributed by atoms with E-state index in [0.29, 0.717) is 47.2 Å². The van der Waals surface area contributed by atoms with E-state index in [1.54, 1.807) is 11.0 Å². The zero-order valence-electron chi connectivity index (χ0n) is 16.2. The van der Waals surface area contributed by atoms with E-state index >= 15 is 0 Å². The van der Waals surface area contributed by atoms with E-state index < -0.39 is 5.60 Å². The van der Waals surface area contributed by atoms with Gasteiger partial charge in [0.2, 0.25) is 0 Å². The second kappa shape index (κ2) is 7.03. The van der Waals surface area contributed by atoms with Gasteiger partial charge in [0.1, 0.15) is 18.0 Å². The highest BCUT2D eigenvalue weighted by molar-refractivity contribution is 6.30. The van der Waals surface area contributed by atoms with Gasteiger partial charge in [-0.2, -0.15) is 5.26 Å². The number of nitrogens with zero attached hydrogens (tertiary/aromatic N) is 3. The van der Waals surface area contributed by atoms with Crippen LogP contribution in [-0.4, -0.2) is 51.9 Å². The molecule has 7 nitrogen and oxygen atoms in total. The Bertz CT molecular complexity index is 856. The lowest BCUT2D eigenvalue weighted by atomic mass is 9.53. The SMILES string of the molecule is N#Cc1cc(Cl)cnc1NC1CCN(C(=O)OC2C3CC4CC2CC(O)(C4)C3)C1. The maximum Gasteiger partial charge on any atom is 0.410 e. The first-order valence-electron chi connectivity index (χ1n) is 10.4. The highest BCUT2D eigenvalue weighted by Gasteiger charge is 2.56. The fourth-order valence-corrected chi connectivity index (χ4v) is 6.35. The van der Waals surface area contributed by atoms with Gasteiger partial charge in [0.15, 0.2) is 0 Å². The van der Waals surface area contributed by atoms with Crippen molar-refractivity contribution in [1.82, 2.24) is 9.88 Å². The molecule has 1 aromatic rings. The van der Waals surface area contributed by atoms with Crippen molar-refractivity contribution in [3.63, 3.8) is 0 Å². The molecule has 0 aromatic carbocycles. The van der Waals surface area contributed by atoms with Gasteiger partial charge < -0.3 is 20.1 Å². The number of nitriles is 1. The summed E-state index contributed by atoms with van der Waals surface area (Å²) in [5.74, 6) is 1.67. The third-order valence-electron chi connectivity index (χ3n) is 7.15. The number of likely N-dealkylation sites (tertiary alicyclic amines) is 1. The number of amides is 1. The number of halogens is 1. The van der Waals surface area contributed by atoms with Gasteiger partial charge >= 0.3 is 6.09 Å². The molecule has 8 heteroatoms. The number of aliphatic hydroxyl groups is 1. The largest absolute Gasteiger partial charge is 0.446 e. The Hall–Kier alpha value is -2.04. The summed E-state index contributed by atoms with van der Waals surface area (Å²) in [5, 5.41) is 23.6. The van der Waals surface area contributed by atoms with Gasteiger partial charge in [-0.05, 0) is 62.3 Å². The van der Waals surface area contributed by atoms with Crippen LogP contribution in [0.15, 0.2) is 12.3 Å². The Labute approximate surface area is 175 Å². The standard InChI is InChI=1S/C21H25ClN4O3/c22-16-5-15(9-23)19(24-10-16)25-17-1-2-26(11-17)20(27)29-18-13-3-12-4-14(18)8-21(28,6-12)7-13/h5,10,12-14,17-18,28H,1-4,6-8,11H2,(H,24,25). The van der Waals surface area contributed by atoms with Crippen molar-refractivity contribution >= 4 is 23.5 Å². The van der Waals surface area contributed by atoms with E-state index in [2.05, 4.69) is 16.4 Å². The number of hydrogen-bond acceptors (Lipinski definition) is 6. The van der Waals surface area contributed by atoms with Crippen LogP contribution in [-0.2, 0) is 4.74 Å². The van der Waals surface area contributed by atoms with Crippen LogP contribution in [0.1, 0.15) is 44.1 Å². The topological polar surface area (TPSA) is 98.5 Å². The monoisotopic (exact) mass is 416 g/mol. The Kier molecular flexibility index (Phi) is 4.60. The summed E-state index contributed by atoms with van der Waals surface area (Å²) in [6.07, 6.45) is 6.54. The molecule has 1 amide bonds. The number of aromatic nitrogens is 1. The van der Waals surface area contributed by atoms with Gasteiger partial charge in [0, 0.05) is 25.3 Å². The van der Waals surface area contributed by atoms with Gasteiger partial charge in [-0.15, -0.1) is 0 Å². The molecule has 5 aliphatic rings. The van der Waals surface area contributed by atoms with Crippen molar-refractivity contribution in [3.8, 4) is 6.07 Å². The van der Waals surface area contributed by atoms with E-state index in [1.807, 2.05) is 0 Å². The first-order chi connectivity index (χ1) is 13.9. The minimum atomic E-state index is -0.522. The molecule has 1 aromatic heterocycles. The summed E-state index contributed by atoms with van der Waals surface area (Å²) < 4.78 is 5.98. The van der Waals surface area contributed by atoms with Crippen LogP contribution in [0.5, 0.6) is 0 Å². The molecule has 1 aliphatic heterocycles. The number of anilines is 1. The van der Waals surface area contributed by atoms with Crippen molar-refractivity contribution < 1.29 is 14.6 Å². The molecule has 1 saturated heterocycles. The number of carbonyl (C=O) groups excluding carboxylic acids is 1. The molecule has 4 saturated carbocycles. The molecule has 0 spiro atoms. The van der Waals surface area contributed by atoms with Gasteiger partial charge in [-0.25, -0.2) is 9.78 Å². The minimum Gasteiger partial charge on any atom is -0.446 e.